The molecule has 0 bridgehead atoms. The van der Waals surface area contributed by atoms with Gasteiger partial charge < -0.3 is 5.73 Å². The fraction of sp³-hybridized carbons (Fsp3) is 0.0769. The summed E-state index contributed by atoms with van der Waals surface area (Å²) < 4.78 is 13.7. The van der Waals surface area contributed by atoms with E-state index in [-0.39, 0.29) is 22.0 Å². The Morgan fingerprint density at radius 1 is 1.48 bits per heavy atom. The number of nitrogens with two attached hydrogens (primary N) is 1. The van der Waals surface area contributed by atoms with Crippen LogP contribution in [0.25, 0.3) is 0 Å². The Morgan fingerprint density at radius 2 is 2.24 bits per heavy atom. The number of benzene rings is 1. The van der Waals surface area contributed by atoms with Crippen molar-refractivity contribution in [2.75, 3.05) is 0 Å². The number of nitro groups is 1. The molecule has 0 saturated heterocycles. The molecule has 2 N–H and O–H groups in total. The lowest BCUT2D eigenvalue weighted by Gasteiger charge is -2.05. The third-order valence-electron chi connectivity index (χ3n) is 2.66. The molecule has 0 aliphatic heterocycles. The lowest BCUT2D eigenvalue weighted by atomic mass is 10.2. The molecule has 2 aromatic rings. The monoisotopic (exact) mass is 323 g/mol. The summed E-state index contributed by atoms with van der Waals surface area (Å²) in [5.74, 6) is -0.468. The van der Waals surface area contributed by atoms with Crippen molar-refractivity contribution in [3.05, 3.63) is 63.7 Å². The molecular weight excluding hydrogens is 313 g/mol. The highest BCUT2D eigenvalue weighted by atomic mass is 32.2. The quantitative estimate of drug-likeness (QED) is 0.394. The molecule has 108 valence electrons. The molecule has 0 saturated carbocycles. The van der Waals surface area contributed by atoms with Crippen LogP contribution in [-0.2, 0) is 5.75 Å². The maximum atomic E-state index is 13.7. The van der Waals surface area contributed by atoms with Gasteiger partial charge in [-0.2, -0.15) is 0 Å². The van der Waals surface area contributed by atoms with E-state index in [2.05, 4.69) is 4.98 Å². The van der Waals surface area contributed by atoms with E-state index < -0.39 is 10.7 Å². The number of thiocarbonyl (C=S) groups is 1. The summed E-state index contributed by atoms with van der Waals surface area (Å²) in [7, 11) is 0. The number of thioether (sulfide) groups is 1. The van der Waals surface area contributed by atoms with Crippen LogP contribution in [0.2, 0.25) is 0 Å². The van der Waals surface area contributed by atoms with Gasteiger partial charge in [0.25, 0.3) is 5.69 Å². The minimum Gasteiger partial charge on any atom is -0.388 e. The molecule has 0 spiro atoms. The number of hydrogen-bond donors (Lipinski definition) is 1. The minimum absolute atomic E-state index is 0.0567. The zero-order valence-corrected chi connectivity index (χ0v) is 12.3. The predicted molar refractivity (Wildman–Crippen MR) is 82.7 cm³/mol. The number of nitrogens with zero attached hydrogens (tertiary/aromatic N) is 2. The smallest absolute Gasteiger partial charge is 0.276 e. The topological polar surface area (TPSA) is 82.0 Å². The van der Waals surface area contributed by atoms with E-state index >= 15 is 0 Å². The van der Waals surface area contributed by atoms with Gasteiger partial charge in [0, 0.05) is 22.9 Å². The molecule has 1 aromatic heterocycles. The van der Waals surface area contributed by atoms with E-state index in [1.54, 1.807) is 12.1 Å². The Hall–Kier alpha value is -2.06. The van der Waals surface area contributed by atoms with Gasteiger partial charge in [0.1, 0.15) is 10.8 Å². The molecule has 1 heterocycles. The van der Waals surface area contributed by atoms with Gasteiger partial charge in [-0.15, -0.1) is 11.8 Å². The van der Waals surface area contributed by atoms with E-state index in [4.69, 9.17) is 18.0 Å². The summed E-state index contributed by atoms with van der Waals surface area (Å²) in [6.07, 6.45) is 1.53. The molecular formula is C13H10FN3O2S2. The van der Waals surface area contributed by atoms with E-state index in [1.165, 1.54) is 36.2 Å². The first kappa shape index (κ1) is 15.3. The molecule has 0 unspecified atom stereocenters. The fourth-order valence-electron chi connectivity index (χ4n) is 1.65. The van der Waals surface area contributed by atoms with Crippen LogP contribution in [0.5, 0.6) is 0 Å². The second kappa shape index (κ2) is 6.59. The average Bonchev–Trinajstić information content (AvgIpc) is 2.46. The van der Waals surface area contributed by atoms with Crippen molar-refractivity contribution in [1.29, 1.82) is 0 Å². The van der Waals surface area contributed by atoms with Gasteiger partial charge in [0.15, 0.2) is 0 Å². The molecule has 2 rings (SSSR count). The highest BCUT2D eigenvalue weighted by Gasteiger charge is 2.17. The number of rotatable bonds is 5. The average molecular weight is 323 g/mol. The first-order valence-electron chi connectivity index (χ1n) is 5.79. The zero-order chi connectivity index (χ0) is 15.4. The Morgan fingerprint density at radius 3 is 2.90 bits per heavy atom. The van der Waals surface area contributed by atoms with Crippen LogP contribution >= 0.6 is 24.0 Å². The summed E-state index contributed by atoms with van der Waals surface area (Å²) in [4.78, 5) is 15.2. The third-order valence-corrected chi connectivity index (χ3v) is 3.89. The summed E-state index contributed by atoms with van der Waals surface area (Å²) >= 11 is 6.08. The lowest BCUT2D eigenvalue weighted by Crippen LogP contribution is -2.11. The van der Waals surface area contributed by atoms with E-state index in [0.717, 1.165) is 4.90 Å². The zero-order valence-electron chi connectivity index (χ0n) is 10.7. The van der Waals surface area contributed by atoms with Gasteiger partial charge in [-0.05, 0) is 18.2 Å². The summed E-state index contributed by atoms with van der Waals surface area (Å²) in [5, 5.41) is 10.9. The fourth-order valence-corrected chi connectivity index (χ4v) is 2.71. The highest BCUT2D eigenvalue weighted by molar-refractivity contribution is 7.98. The Labute approximate surface area is 129 Å². The van der Waals surface area contributed by atoms with Gasteiger partial charge in [0.2, 0.25) is 0 Å². The second-order valence-electron chi connectivity index (χ2n) is 4.02. The van der Waals surface area contributed by atoms with Crippen LogP contribution in [0, 0.1) is 15.9 Å². The molecule has 0 atom stereocenters. The molecule has 0 radical (unpaired) electrons. The van der Waals surface area contributed by atoms with Gasteiger partial charge in [-0.1, -0.05) is 18.3 Å². The highest BCUT2D eigenvalue weighted by Crippen LogP contribution is 2.29. The van der Waals surface area contributed by atoms with Crippen LogP contribution in [-0.4, -0.2) is 14.9 Å². The Bertz CT molecular complexity index is 710. The number of aromatic nitrogens is 1. The molecule has 5 nitrogen and oxygen atoms in total. The number of halogens is 1. The van der Waals surface area contributed by atoms with Gasteiger partial charge in [-0.3, -0.25) is 15.1 Å². The molecule has 8 heteroatoms. The summed E-state index contributed by atoms with van der Waals surface area (Å²) in [6.45, 7) is 0. The van der Waals surface area contributed by atoms with E-state index in [0.29, 0.717) is 5.69 Å². The number of pyridine rings is 1. The van der Waals surface area contributed by atoms with Crippen LogP contribution < -0.4 is 5.73 Å². The first-order chi connectivity index (χ1) is 9.99. The van der Waals surface area contributed by atoms with Crippen molar-refractivity contribution in [2.45, 2.75) is 10.6 Å². The molecule has 0 aliphatic carbocycles. The van der Waals surface area contributed by atoms with Crippen molar-refractivity contribution >= 4 is 34.7 Å². The Balaban J connectivity index is 2.22. The standard InChI is InChI=1S/C13H10FN3O2S2/c14-10-2-1-3-12(17(18)19)9(10)7-21-8-4-5-16-11(6-8)13(15)20/h1-6H,7H2,(H2,15,20). The summed E-state index contributed by atoms with van der Waals surface area (Å²) in [6, 6.07) is 7.18. The van der Waals surface area contributed by atoms with E-state index in [1.807, 2.05) is 0 Å². The maximum Gasteiger partial charge on any atom is 0.276 e. The van der Waals surface area contributed by atoms with E-state index in [9.17, 15) is 14.5 Å². The van der Waals surface area contributed by atoms with Crippen LogP contribution in [0.3, 0.4) is 0 Å². The van der Waals surface area contributed by atoms with Crippen molar-refractivity contribution in [3.8, 4) is 0 Å². The number of nitro benzene ring substituents is 1. The van der Waals surface area contributed by atoms with Crippen molar-refractivity contribution in [1.82, 2.24) is 4.98 Å². The lowest BCUT2D eigenvalue weighted by molar-refractivity contribution is -0.385. The predicted octanol–water partition coefficient (Wildman–Crippen LogP) is 3.06. The summed E-state index contributed by atoms with van der Waals surface area (Å²) in [5.41, 5.74) is 5.77. The Kier molecular flexibility index (Phi) is 4.81. The van der Waals surface area contributed by atoms with Crippen molar-refractivity contribution < 1.29 is 9.31 Å². The van der Waals surface area contributed by atoms with Gasteiger partial charge in [0.05, 0.1) is 16.2 Å². The molecule has 21 heavy (non-hydrogen) atoms. The van der Waals surface area contributed by atoms with Crippen LogP contribution in [0.4, 0.5) is 10.1 Å². The molecule has 1 aromatic carbocycles. The van der Waals surface area contributed by atoms with Crippen LogP contribution in [0.1, 0.15) is 11.3 Å². The van der Waals surface area contributed by atoms with Crippen molar-refractivity contribution in [3.63, 3.8) is 0 Å². The third kappa shape index (κ3) is 3.73. The SMILES string of the molecule is NC(=S)c1cc(SCc2c(F)cccc2[N+](=O)[O-])ccn1. The number of hydrogen-bond acceptors (Lipinski definition) is 5. The molecule has 0 aliphatic rings. The van der Waals surface area contributed by atoms with Crippen LogP contribution in [0.15, 0.2) is 41.4 Å². The normalized spacial score (nSPS) is 10.3. The maximum absolute atomic E-state index is 13.7. The molecule has 0 fully saturated rings. The first-order valence-corrected chi connectivity index (χ1v) is 7.19. The second-order valence-corrected chi connectivity index (χ2v) is 5.51. The van der Waals surface area contributed by atoms with Gasteiger partial charge in [-0.25, -0.2) is 4.39 Å². The minimum atomic E-state index is -0.597. The van der Waals surface area contributed by atoms with Gasteiger partial charge >= 0.3 is 0 Å². The van der Waals surface area contributed by atoms with Crippen molar-refractivity contribution in [2.24, 2.45) is 5.73 Å². The largest absolute Gasteiger partial charge is 0.388 e. The molecule has 0 amide bonds.